The van der Waals surface area contributed by atoms with Crippen molar-refractivity contribution >= 4 is 27.1 Å². The quantitative estimate of drug-likeness (QED) is 0.806. The van der Waals surface area contributed by atoms with Gasteiger partial charge in [0, 0.05) is 31.2 Å². The molecule has 3 heterocycles. The van der Waals surface area contributed by atoms with Gasteiger partial charge >= 0.3 is 0 Å². The zero-order chi connectivity index (χ0) is 17.3. The van der Waals surface area contributed by atoms with Crippen LogP contribution in [0.4, 0.5) is 0 Å². The number of carbonyl (C=O) groups excluding carboxylic acids is 1. The number of amides is 1. The molecule has 128 valence electrons. The van der Waals surface area contributed by atoms with Gasteiger partial charge in [0.1, 0.15) is 5.56 Å². The molecule has 1 amide bonds. The fourth-order valence-corrected chi connectivity index (χ4v) is 5.88. The average molecular weight is 366 g/mol. The van der Waals surface area contributed by atoms with E-state index in [1.807, 2.05) is 17.5 Å². The molecule has 0 radical (unpaired) electrons. The van der Waals surface area contributed by atoms with E-state index in [0.717, 1.165) is 4.88 Å². The first-order valence-electron chi connectivity index (χ1n) is 7.60. The second-order valence-corrected chi connectivity index (χ2v) is 9.07. The number of hydrogen-bond donors (Lipinski definition) is 0. The molecule has 2 aromatic rings. The van der Waals surface area contributed by atoms with Crippen LogP contribution in [0.3, 0.4) is 0 Å². The summed E-state index contributed by atoms with van der Waals surface area (Å²) < 4.78 is 26.4. The number of rotatable bonds is 2. The summed E-state index contributed by atoms with van der Waals surface area (Å²) in [7, 11) is -1.73. The Bertz CT molecular complexity index is 900. The molecule has 1 aliphatic rings. The van der Waals surface area contributed by atoms with E-state index >= 15 is 0 Å². The SMILES string of the molecule is Cn1cccc(C(=O)N2CCC(c3cccs3)S(=O)(=O)CC2)c1=O. The van der Waals surface area contributed by atoms with Crippen molar-refractivity contribution < 1.29 is 13.2 Å². The van der Waals surface area contributed by atoms with Gasteiger partial charge in [-0.2, -0.15) is 0 Å². The molecular formula is C16H18N2O4S2. The van der Waals surface area contributed by atoms with Crippen LogP contribution in [-0.2, 0) is 16.9 Å². The Morgan fingerprint density at radius 3 is 2.75 bits per heavy atom. The first-order valence-corrected chi connectivity index (χ1v) is 10.2. The van der Waals surface area contributed by atoms with Crippen LogP contribution in [0.1, 0.15) is 26.9 Å². The lowest BCUT2D eigenvalue weighted by atomic mass is 10.2. The topological polar surface area (TPSA) is 76.5 Å². The van der Waals surface area contributed by atoms with E-state index in [1.165, 1.54) is 26.9 Å². The van der Waals surface area contributed by atoms with Crippen LogP contribution in [0.25, 0.3) is 0 Å². The van der Waals surface area contributed by atoms with Gasteiger partial charge in [-0.15, -0.1) is 11.3 Å². The van der Waals surface area contributed by atoms with E-state index in [2.05, 4.69) is 0 Å². The molecule has 3 rings (SSSR count). The lowest BCUT2D eigenvalue weighted by molar-refractivity contribution is 0.0764. The Hall–Kier alpha value is -1.93. The summed E-state index contributed by atoms with van der Waals surface area (Å²) in [6.45, 7) is 0.430. The lowest BCUT2D eigenvalue weighted by Gasteiger charge is -2.19. The monoisotopic (exact) mass is 366 g/mol. The van der Waals surface area contributed by atoms with Gasteiger partial charge in [-0.05, 0) is 30.0 Å². The van der Waals surface area contributed by atoms with Crippen LogP contribution >= 0.6 is 11.3 Å². The maximum atomic E-state index is 12.7. The van der Waals surface area contributed by atoms with Crippen molar-refractivity contribution in [3.8, 4) is 0 Å². The van der Waals surface area contributed by atoms with Gasteiger partial charge in [-0.25, -0.2) is 8.42 Å². The summed E-state index contributed by atoms with van der Waals surface area (Å²) in [6, 6.07) is 6.77. The summed E-state index contributed by atoms with van der Waals surface area (Å²) in [5.41, 5.74) is -0.295. The van der Waals surface area contributed by atoms with Gasteiger partial charge in [0.2, 0.25) is 0 Å². The van der Waals surface area contributed by atoms with Gasteiger partial charge in [0.15, 0.2) is 9.84 Å². The van der Waals surface area contributed by atoms with Crippen LogP contribution in [0.2, 0.25) is 0 Å². The van der Waals surface area contributed by atoms with E-state index in [4.69, 9.17) is 0 Å². The van der Waals surface area contributed by atoms with Crippen molar-refractivity contribution in [3.63, 3.8) is 0 Å². The molecule has 0 saturated carbocycles. The Balaban J connectivity index is 1.86. The molecule has 24 heavy (non-hydrogen) atoms. The smallest absolute Gasteiger partial charge is 0.263 e. The fraction of sp³-hybridized carbons (Fsp3) is 0.375. The van der Waals surface area contributed by atoms with Crippen molar-refractivity contribution in [2.24, 2.45) is 7.05 Å². The third-order valence-corrected chi connectivity index (χ3v) is 7.49. The minimum Gasteiger partial charge on any atom is -0.337 e. The van der Waals surface area contributed by atoms with Crippen LogP contribution in [-0.4, -0.2) is 42.6 Å². The van der Waals surface area contributed by atoms with Crippen molar-refractivity contribution in [2.45, 2.75) is 11.7 Å². The molecule has 1 atom stereocenters. The number of hydrogen-bond acceptors (Lipinski definition) is 5. The molecule has 0 aromatic carbocycles. The molecule has 1 saturated heterocycles. The van der Waals surface area contributed by atoms with Gasteiger partial charge in [-0.1, -0.05) is 6.07 Å². The number of sulfone groups is 1. The Labute approximate surface area is 144 Å². The molecule has 0 bridgehead atoms. The third-order valence-electron chi connectivity index (χ3n) is 4.24. The number of nitrogens with zero attached hydrogens (tertiary/aromatic N) is 2. The molecule has 6 nitrogen and oxygen atoms in total. The molecule has 1 fully saturated rings. The average Bonchev–Trinajstić information content (AvgIpc) is 3.01. The van der Waals surface area contributed by atoms with E-state index in [1.54, 1.807) is 19.3 Å². The van der Waals surface area contributed by atoms with Crippen LogP contribution in [0.5, 0.6) is 0 Å². The zero-order valence-corrected chi connectivity index (χ0v) is 14.8. The van der Waals surface area contributed by atoms with Crippen molar-refractivity contribution in [1.29, 1.82) is 0 Å². The summed E-state index contributed by atoms with van der Waals surface area (Å²) in [5.74, 6) is -0.493. The van der Waals surface area contributed by atoms with Crippen molar-refractivity contribution in [1.82, 2.24) is 9.47 Å². The molecule has 8 heteroatoms. The Morgan fingerprint density at radius 2 is 2.04 bits per heavy atom. The fourth-order valence-electron chi connectivity index (χ4n) is 2.87. The molecule has 2 aromatic heterocycles. The highest BCUT2D eigenvalue weighted by Gasteiger charge is 2.33. The molecule has 0 N–H and O–H groups in total. The minimum absolute atomic E-state index is 0.0759. The summed E-state index contributed by atoms with van der Waals surface area (Å²) in [6.07, 6.45) is 1.93. The Kier molecular flexibility index (Phi) is 4.60. The number of pyridine rings is 1. The molecule has 0 spiro atoms. The molecule has 0 aliphatic carbocycles. The van der Waals surface area contributed by atoms with Crippen molar-refractivity contribution in [2.75, 3.05) is 18.8 Å². The third kappa shape index (κ3) is 3.16. The predicted octanol–water partition coefficient (Wildman–Crippen LogP) is 1.45. The number of aromatic nitrogens is 1. The van der Waals surface area contributed by atoms with Gasteiger partial charge in [0.25, 0.3) is 11.5 Å². The maximum absolute atomic E-state index is 12.7. The Morgan fingerprint density at radius 1 is 1.25 bits per heavy atom. The van der Waals surface area contributed by atoms with E-state index < -0.39 is 21.0 Å². The van der Waals surface area contributed by atoms with Gasteiger partial charge in [0.05, 0.1) is 11.0 Å². The zero-order valence-electron chi connectivity index (χ0n) is 13.2. The normalized spacial score (nSPS) is 20.5. The predicted molar refractivity (Wildman–Crippen MR) is 93.1 cm³/mol. The largest absolute Gasteiger partial charge is 0.337 e. The van der Waals surface area contributed by atoms with E-state index in [0.29, 0.717) is 13.0 Å². The second-order valence-electron chi connectivity index (χ2n) is 5.79. The van der Waals surface area contributed by atoms with Crippen LogP contribution in [0, 0.1) is 0 Å². The summed E-state index contributed by atoms with van der Waals surface area (Å²) in [5, 5.41) is 1.28. The molecular weight excluding hydrogens is 348 g/mol. The summed E-state index contributed by atoms with van der Waals surface area (Å²) in [4.78, 5) is 27.0. The maximum Gasteiger partial charge on any atom is 0.263 e. The van der Waals surface area contributed by atoms with Crippen LogP contribution in [0.15, 0.2) is 40.6 Å². The highest BCUT2D eigenvalue weighted by atomic mass is 32.2. The minimum atomic E-state index is -3.32. The summed E-state index contributed by atoms with van der Waals surface area (Å²) >= 11 is 1.42. The highest BCUT2D eigenvalue weighted by Crippen LogP contribution is 2.32. The molecule has 1 aliphatic heterocycles. The van der Waals surface area contributed by atoms with Crippen LogP contribution < -0.4 is 5.56 Å². The number of carbonyl (C=O) groups is 1. The van der Waals surface area contributed by atoms with E-state index in [-0.39, 0.29) is 23.4 Å². The number of aryl methyl sites for hydroxylation is 1. The second kappa shape index (κ2) is 6.52. The van der Waals surface area contributed by atoms with E-state index in [9.17, 15) is 18.0 Å². The molecule has 1 unspecified atom stereocenters. The highest BCUT2D eigenvalue weighted by molar-refractivity contribution is 7.91. The van der Waals surface area contributed by atoms with Gasteiger partial charge in [-0.3, -0.25) is 9.59 Å². The standard InChI is InChI=1S/C16H18N2O4S2/c1-17-7-2-4-12(15(17)19)16(20)18-8-6-14(13-5-3-10-23-13)24(21,22)11-9-18/h2-5,7,10,14H,6,8-9,11H2,1H3. The first-order chi connectivity index (χ1) is 11.4. The lowest BCUT2D eigenvalue weighted by Crippen LogP contribution is -2.37. The number of thiophene rings is 1. The van der Waals surface area contributed by atoms with Crippen molar-refractivity contribution in [3.05, 3.63) is 56.6 Å². The van der Waals surface area contributed by atoms with Gasteiger partial charge < -0.3 is 9.47 Å². The first kappa shape index (κ1) is 16.9.